The lowest BCUT2D eigenvalue weighted by atomic mass is 9.62. The molecule has 0 aromatic heterocycles. The number of anilines is 1. The van der Waals surface area contributed by atoms with Gasteiger partial charge in [0.2, 0.25) is 17.7 Å². The number of aliphatic hydroxyl groups excluding tert-OH is 1. The topological polar surface area (TPSA) is 108 Å². The minimum Gasteiger partial charge on any atom is -0.394 e. The van der Waals surface area contributed by atoms with E-state index in [0.29, 0.717) is 23.7 Å². The number of hydrogen-bond acceptors (Lipinski definition) is 5. The van der Waals surface area contributed by atoms with Crippen molar-refractivity contribution in [3.63, 3.8) is 0 Å². The Balaban J connectivity index is 1.54. The van der Waals surface area contributed by atoms with Crippen LogP contribution >= 0.6 is 11.6 Å². The highest BCUT2D eigenvalue weighted by molar-refractivity contribution is 6.33. The molecule has 39 heavy (non-hydrogen) atoms. The molecule has 3 aliphatic rings. The van der Waals surface area contributed by atoms with Crippen molar-refractivity contribution in [3.8, 4) is 0 Å². The van der Waals surface area contributed by atoms with Crippen LogP contribution in [-0.2, 0) is 25.7 Å². The molecule has 7 atom stereocenters. The Labute approximate surface area is 234 Å². The fourth-order valence-electron chi connectivity index (χ4n) is 7.01. The molecule has 2 bridgehead atoms. The van der Waals surface area contributed by atoms with E-state index in [-0.39, 0.29) is 30.3 Å². The molecule has 9 heteroatoms. The van der Waals surface area contributed by atoms with E-state index < -0.39 is 41.0 Å². The van der Waals surface area contributed by atoms with Crippen LogP contribution in [0.3, 0.4) is 0 Å². The van der Waals surface area contributed by atoms with Gasteiger partial charge in [-0.3, -0.25) is 14.4 Å². The Morgan fingerprint density at radius 1 is 1.13 bits per heavy atom. The van der Waals surface area contributed by atoms with Gasteiger partial charge in [-0.05, 0) is 42.9 Å². The summed E-state index contributed by atoms with van der Waals surface area (Å²) in [5.74, 6) is -2.92. The molecule has 3 fully saturated rings. The van der Waals surface area contributed by atoms with E-state index in [4.69, 9.17) is 16.3 Å². The zero-order valence-corrected chi connectivity index (χ0v) is 23.4. The average Bonchev–Trinajstić information content (AvgIpc) is 3.42. The molecule has 1 spiro atoms. The molecule has 3 aliphatic heterocycles. The largest absolute Gasteiger partial charge is 0.394 e. The van der Waals surface area contributed by atoms with Crippen LogP contribution in [0, 0.1) is 23.7 Å². The second-order valence-corrected chi connectivity index (χ2v) is 12.0. The SMILES string of the molecule is CC(C)[C@H](CO)N1C(=O)[C@@H]2[C@H](C(=O)NCc3ccccc3)[C@@]3(C)OC2(CC3C)C1C(=O)Nc1ccccc1Cl. The molecule has 3 amide bonds. The highest BCUT2D eigenvalue weighted by atomic mass is 35.5. The molecule has 208 valence electrons. The van der Waals surface area contributed by atoms with Crippen LogP contribution in [0.25, 0.3) is 0 Å². The molecule has 0 saturated carbocycles. The van der Waals surface area contributed by atoms with Crippen LogP contribution < -0.4 is 10.6 Å². The molecular formula is C30H36ClN3O5. The van der Waals surface area contributed by atoms with Gasteiger partial charge in [-0.1, -0.05) is 74.8 Å². The fraction of sp³-hybridized carbons (Fsp3) is 0.500. The van der Waals surface area contributed by atoms with E-state index in [2.05, 4.69) is 10.6 Å². The third kappa shape index (κ3) is 4.33. The number of ether oxygens (including phenoxy) is 1. The first-order chi connectivity index (χ1) is 18.5. The third-order valence-corrected chi connectivity index (χ3v) is 9.37. The Kier molecular flexibility index (Phi) is 7.24. The number of amides is 3. The number of halogens is 1. The van der Waals surface area contributed by atoms with Crippen molar-refractivity contribution >= 4 is 35.0 Å². The maximum absolute atomic E-state index is 14.3. The van der Waals surface area contributed by atoms with Gasteiger partial charge in [-0.25, -0.2) is 0 Å². The standard InChI is InChI=1S/C30H36ClN3O5/c1-17(2)22(16-35)34-25(27(37)33-21-13-9-8-12-20(21)31)30-14-18(3)29(4,39-30)23(24(30)28(34)38)26(36)32-15-19-10-6-5-7-11-19/h5-13,17-18,22-25,35H,14-16H2,1-4H3,(H,32,36)(H,33,37)/t18?,22-,23+,24-,25?,29-,30?/m0/s1. The van der Waals surface area contributed by atoms with Crippen LogP contribution in [0.5, 0.6) is 0 Å². The maximum atomic E-state index is 14.3. The van der Waals surface area contributed by atoms with Gasteiger partial charge in [0.1, 0.15) is 11.6 Å². The van der Waals surface area contributed by atoms with Crippen molar-refractivity contribution in [3.05, 3.63) is 65.2 Å². The monoisotopic (exact) mass is 553 g/mol. The van der Waals surface area contributed by atoms with Crippen LogP contribution in [0.1, 0.15) is 39.7 Å². The second-order valence-electron chi connectivity index (χ2n) is 11.6. The summed E-state index contributed by atoms with van der Waals surface area (Å²) >= 11 is 6.34. The van der Waals surface area contributed by atoms with E-state index in [9.17, 15) is 19.5 Å². The first-order valence-electron chi connectivity index (χ1n) is 13.6. The van der Waals surface area contributed by atoms with Crippen molar-refractivity contribution < 1.29 is 24.2 Å². The summed E-state index contributed by atoms with van der Waals surface area (Å²) in [4.78, 5) is 43.7. The average molecular weight is 554 g/mol. The minimum atomic E-state index is -1.21. The minimum absolute atomic E-state index is 0.0868. The summed E-state index contributed by atoms with van der Waals surface area (Å²) in [6.45, 7) is 7.68. The smallest absolute Gasteiger partial charge is 0.250 e. The van der Waals surface area contributed by atoms with E-state index in [1.165, 1.54) is 4.90 Å². The van der Waals surface area contributed by atoms with Crippen molar-refractivity contribution in [1.29, 1.82) is 0 Å². The summed E-state index contributed by atoms with van der Waals surface area (Å²) in [6.07, 6.45) is 0.440. The highest BCUT2D eigenvalue weighted by Gasteiger charge is 2.80. The normalized spacial score (nSPS) is 31.9. The van der Waals surface area contributed by atoms with E-state index in [0.717, 1.165) is 5.56 Å². The lowest BCUT2D eigenvalue weighted by molar-refractivity contribution is -0.150. The van der Waals surface area contributed by atoms with Gasteiger partial charge in [-0.2, -0.15) is 0 Å². The molecule has 0 radical (unpaired) electrons. The van der Waals surface area contributed by atoms with Crippen molar-refractivity contribution in [1.82, 2.24) is 10.2 Å². The summed E-state index contributed by atoms with van der Waals surface area (Å²) in [7, 11) is 0. The van der Waals surface area contributed by atoms with Crippen molar-refractivity contribution in [2.24, 2.45) is 23.7 Å². The summed E-state index contributed by atoms with van der Waals surface area (Å²) < 4.78 is 6.75. The van der Waals surface area contributed by atoms with Gasteiger partial charge in [0, 0.05) is 6.54 Å². The number of nitrogens with one attached hydrogen (secondary N) is 2. The zero-order chi connectivity index (χ0) is 28.1. The Bertz CT molecular complexity index is 1270. The Hall–Kier alpha value is -2.94. The number of likely N-dealkylation sites (tertiary alicyclic amines) is 1. The molecule has 3 N–H and O–H groups in total. The molecule has 5 rings (SSSR count). The lowest BCUT2D eigenvalue weighted by Crippen LogP contribution is -2.57. The number of fused-ring (bicyclic) bond motifs is 1. The number of carbonyl (C=O) groups is 3. The number of carbonyl (C=O) groups excluding carboxylic acids is 3. The van der Waals surface area contributed by atoms with Gasteiger partial charge in [0.25, 0.3) is 0 Å². The van der Waals surface area contributed by atoms with Gasteiger partial charge < -0.3 is 25.4 Å². The number of para-hydroxylation sites is 1. The Morgan fingerprint density at radius 3 is 2.44 bits per heavy atom. The third-order valence-electron chi connectivity index (χ3n) is 9.04. The molecular weight excluding hydrogens is 518 g/mol. The maximum Gasteiger partial charge on any atom is 0.250 e. The lowest BCUT2D eigenvalue weighted by Gasteiger charge is -2.38. The number of aliphatic hydroxyl groups is 1. The summed E-state index contributed by atoms with van der Waals surface area (Å²) in [6, 6.07) is 14.8. The molecule has 8 nitrogen and oxygen atoms in total. The van der Waals surface area contributed by atoms with Crippen LogP contribution in [0.15, 0.2) is 54.6 Å². The van der Waals surface area contributed by atoms with Gasteiger partial charge in [0.05, 0.1) is 40.8 Å². The first kappa shape index (κ1) is 27.6. The highest BCUT2D eigenvalue weighted by Crippen LogP contribution is 2.65. The molecule has 3 unspecified atom stereocenters. The van der Waals surface area contributed by atoms with Crippen LogP contribution in [0.4, 0.5) is 5.69 Å². The van der Waals surface area contributed by atoms with E-state index >= 15 is 0 Å². The first-order valence-corrected chi connectivity index (χ1v) is 13.9. The molecule has 3 saturated heterocycles. The Morgan fingerprint density at radius 2 is 1.79 bits per heavy atom. The number of benzene rings is 2. The van der Waals surface area contributed by atoms with E-state index in [1.54, 1.807) is 24.3 Å². The predicted molar refractivity (Wildman–Crippen MR) is 148 cm³/mol. The number of hydrogen-bond donors (Lipinski definition) is 3. The molecule has 0 aliphatic carbocycles. The van der Waals surface area contributed by atoms with Crippen molar-refractivity contribution in [2.45, 2.75) is 63.9 Å². The van der Waals surface area contributed by atoms with Gasteiger partial charge in [0.15, 0.2) is 0 Å². The molecule has 3 heterocycles. The van der Waals surface area contributed by atoms with E-state index in [1.807, 2.05) is 58.0 Å². The quantitative estimate of drug-likeness (QED) is 0.463. The zero-order valence-electron chi connectivity index (χ0n) is 22.7. The molecule has 2 aromatic carbocycles. The van der Waals surface area contributed by atoms with Gasteiger partial charge >= 0.3 is 0 Å². The second kappa shape index (κ2) is 10.2. The number of rotatable bonds is 8. The van der Waals surface area contributed by atoms with Crippen LogP contribution in [0.2, 0.25) is 5.02 Å². The van der Waals surface area contributed by atoms with Gasteiger partial charge in [-0.15, -0.1) is 0 Å². The predicted octanol–water partition coefficient (Wildman–Crippen LogP) is 3.62. The molecule has 2 aromatic rings. The summed E-state index contributed by atoms with van der Waals surface area (Å²) in [5.41, 5.74) is -0.777. The fourth-order valence-corrected chi connectivity index (χ4v) is 7.20. The van der Waals surface area contributed by atoms with Crippen molar-refractivity contribution in [2.75, 3.05) is 11.9 Å². The van der Waals surface area contributed by atoms with Crippen LogP contribution in [-0.4, -0.2) is 57.6 Å². The summed E-state index contributed by atoms with van der Waals surface area (Å²) in [5, 5.41) is 16.6. The number of nitrogens with zero attached hydrogens (tertiary/aromatic N) is 1.